The number of para-hydroxylation sites is 1. The lowest BCUT2D eigenvalue weighted by Crippen LogP contribution is -2.32. The van der Waals surface area contributed by atoms with Crippen molar-refractivity contribution in [3.8, 4) is 0 Å². The van der Waals surface area contributed by atoms with Gasteiger partial charge >= 0.3 is 0 Å². The average Bonchev–Trinajstić information content (AvgIpc) is 2.63. The predicted octanol–water partition coefficient (Wildman–Crippen LogP) is 3.54. The van der Waals surface area contributed by atoms with Gasteiger partial charge in [-0.3, -0.25) is 0 Å². The molecule has 0 aliphatic carbocycles. The summed E-state index contributed by atoms with van der Waals surface area (Å²) in [6.45, 7) is 7.50. The number of hydrogen-bond acceptors (Lipinski definition) is 1. The fourth-order valence-electron chi connectivity index (χ4n) is 2.60. The Balaban J connectivity index is 2.50. The van der Waals surface area contributed by atoms with Crippen molar-refractivity contribution in [3.63, 3.8) is 0 Å². The van der Waals surface area contributed by atoms with Crippen LogP contribution in [0.2, 0.25) is 0 Å². The van der Waals surface area contributed by atoms with E-state index in [1.165, 1.54) is 22.2 Å². The Morgan fingerprint density at radius 2 is 2.00 bits per heavy atom. The Morgan fingerprint density at radius 3 is 2.71 bits per heavy atom. The van der Waals surface area contributed by atoms with Crippen molar-refractivity contribution < 1.29 is 0 Å². The minimum absolute atomic E-state index is 0.0680. The summed E-state index contributed by atoms with van der Waals surface area (Å²) in [6, 6.07) is 8.94. The predicted molar refractivity (Wildman–Crippen MR) is 74.8 cm³/mol. The van der Waals surface area contributed by atoms with Crippen LogP contribution in [0.1, 0.15) is 25.1 Å². The second kappa shape index (κ2) is 4.71. The molecule has 2 nitrogen and oxygen atoms in total. The third-order valence-electron chi connectivity index (χ3n) is 3.23. The molecule has 0 amide bonds. The van der Waals surface area contributed by atoms with Crippen molar-refractivity contribution in [1.29, 1.82) is 0 Å². The highest BCUT2D eigenvalue weighted by molar-refractivity contribution is 6.17. The molecule has 0 aliphatic rings. The van der Waals surface area contributed by atoms with E-state index in [9.17, 15) is 0 Å². The van der Waals surface area contributed by atoms with Gasteiger partial charge in [-0.25, -0.2) is 0 Å². The van der Waals surface area contributed by atoms with Gasteiger partial charge in [0.05, 0.1) is 6.00 Å². The van der Waals surface area contributed by atoms with E-state index in [2.05, 4.69) is 55.3 Å². The molecule has 0 saturated carbocycles. The smallest absolute Gasteiger partial charge is 0.0713 e. The van der Waals surface area contributed by atoms with Crippen molar-refractivity contribution in [2.75, 3.05) is 12.5 Å². The molecule has 17 heavy (non-hydrogen) atoms. The Labute approximate surface area is 107 Å². The van der Waals surface area contributed by atoms with Gasteiger partial charge in [0.2, 0.25) is 0 Å². The van der Waals surface area contributed by atoms with E-state index in [-0.39, 0.29) is 5.41 Å². The summed E-state index contributed by atoms with van der Waals surface area (Å²) in [7, 11) is 0. The van der Waals surface area contributed by atoms with E-state index in [0.717, 1.165) is 6.54 Å². The van der Waals surface area contributed by atoms with Crippen LogP contribution in [-0.4, -0.2) is 17.5 Å². The molecule has 2 N–H and O–H groups in total. The highest BCUT2D eigenvalue weighted by atomic mass is 35.5. The van der Waals surface area contributed by atoms with Crippen LogP contribution in [0.15, 0.2) is 24.3 Å². The Bertz CT molecular complexity index is 514. The Kier molecular flexibility index (Phi) is 3.45. The molecular weight excluding hydrogens is 232 g/mol. The summed E-state index contributed by atoms with van der Waals surface area (Å²) in [5, 5.41) is 4.53. The maximum atomic E-state index is 5.71. The average molecular weight is 251 g/mol. The summed E-state index contributed by atoms with van der Waals surface area (Å²) in [5.74, 6) is 0. The third-order valence-corrected chi connectivity index (χ3v) is 3.42. The van der Waals surface area contributed by atoms with Crippen LogP contribution < -0.4 is 5.32 Å². The van der Waals surface area contributed by atoms with Gasteiger partial charge in [-0.15, -0.1) is 11.6 Å². The number of aromatic nitrogens is 1. The van der Waals surface area contributed by atoms with Crippen LogP contribution in [0.4, 0.5) is 0 Å². The second-order valence-electron chi connectivity index (χ2n) is 5.11. The van der Waals surface area contributed by atoms with Gasteiger partial charge in [0.1, 0.15) is 0 Å². The van der Waals surface area contributed by atoms with E-state index < -0.39 is 0 Å². The van der Waals surface area contributed by atoms with E-state index in [1.54, 1.807) is 0 Å². The van der Waals surface area contributed by atoms with Gasteiger partial charge in [0.15, 0.2) is 0 Å². The van der Waals surface area contributed by atoms with Gasteiger partial charge in [0, 0.05) is 28.6 Å². The van der Waals surface area contributed by atoms with Gasteiger partial charge in [-0.2, -0.15) is 0 Å². The van der Waals surface area contributed by atoms with E-state index >= 15 is 0 Å². The van der Waals surface area contributed by atoms with Crippen LogP contribution in [-0.2, 0) is 5.41 Å². The number of hydrogen-bond donors (Lipinski definition) is 2. The highest BCUT2D eigenvalue weighted by Crippen LogP contribution is 2.32. The quantitative estimate of drug-likeness (QED) is 0.631. The first kappa shape index (κ1) is 12.5. The molecule has 0 saturated heterocycles. The first-order chi connectivity index (χ1) is 8.06. The van der Waals surface area contributed by atoms with Crippen molar-refractivity contribution in [3.05, 3.63) is 35.5 Å². The highest BCUT2D eigenvalue weighted by Gasteiger charge is 2.25. The number of aryl methyl sites for hydroxylation is 1. The molecule has 0 radical (unpaired) electrons. The molecular formula is C14H19ClN2. The molecule has 3 heteroatoms. The summed E-state index contributed by atoms with van der Waals surface area (Å²) >= 11 is 5.71. The maximum Gasteiger partial charge on any atom is 0.0713 e. The Morgan fingerprint density at radius 1 is 1.29 bits per heavy atom. The summed E-state index contributed by atoms with van der Waals surface area (Å²) in [5.41, 5.74) is 3.90. The number of rotatable bonds is 4. The fourth-order valence-corrected chi connectivity index (χ4v) is 2.69. The molecule has 0 atom stereocenters. The molecule has 0 unspecified atom stereocenters. The van der Waals surface area contributed by atoms with E-state index in [0.29, 0.717) is 6.00 Å². The van der Waals surface area contributed by atoms with Crippen molar-refractivity contribution in [2.45, 2.75) is 26.2 Å². The van der Waals surface area contributed by atoms with Gasteiger partial charge in [0.25, 0.3) is 0 Å². The third kappa shape index (κ3) is 2.33. The van der Waals surface area contributed by atoms with Crippen LogP contribution in [0.3, 0.4) is 0 Å². The van der Waals surface area contributed by atoms with Crippen molar-refractivity contribution in [1.82, 2.24) is 10.3 Å². The minimum Gasteiger partial charge on any atom is -0.358 e. The van der Waals surface area contributed by atoms with Crippen LogP contribution in [0, 0.1) is 6.92 Å². The summed E-state index contributed by atoms with van der Waals surface area (Å²) in [4.78, 5) is 3.45. The number of benzene rings is 1. The van der Waals surface area contributed by atoms with Gasteiger partial charge < -0.3 is 10.3 Å². The second-order valence-corrected chi connectivity index (χ2v) is 5.38. The molecule has 1 aromatic heterocycles. The SMILES string of the molecule is Cc1[nH]c2ccccc2c1C(C)(C)CNCCl. The van der Waals surface area contributed by atoms with Crippen LogP contribution in [0.5, 0.6) is 0 Å². The van der Waals surface area contributed by atoms with E-state index in [1.807, 2.05) is 0 Å². The van der Waals surface area contributed by atoms with Gasteiger partial charge in [-0.1, -0.05) is 32.0 Å². The Hall–Kier alpha value is -0.990. The molecule has 2 rings (SSSR count). The maximum absolute atomic E-state index is 5.71. The number of halogens is 1. The van der Waals surface area contributed by atoms with E-state index in [4.69, 9.17) is 11.6 Å². The first-order valence-corrected chi connectivity index (χ1v) is 6.44. The largest absolute Gasteiger partial charge is 0.358 e. The fraction of sp³-hybridized carbons (Fsp3) is 0.429. The zero-order valence-electron chi connectivity index (χ0n) is 10.6. The number of aromatic amines is 1. The first-order valence-electron chi connectivity index (χ1n) is 5.91. The van der Waals surface area contributed by atoms with Gasteiger partial charge in [-0.05, 0) is 18.6 Å². The number of alkyl halides is 1. The molecule has 0 aliphatic heterocycles. The molecule has 1 aromatic carbocycles. The lowest BCUT2D eigenvalue weighted by Gasteiger charge is -2.25. The van der Waals surface area contributed by atoms with Crippen molar-refractivity contribution in [2.24, 2.45) is 0 Å². The van der Waals surface area contributed by atoms with Crippen LogP contribution >= 0.6 is 11.6 Å². The van der Waals surface area contributed by atoms with Crippen molar-refractivity contribution >= 4 is 22.5 Å². The zero-order chi connectivity index (χ0) is 12.5. The number of H-pyrrole nitrogens is 1. The van der Waals surface area contributed by atoms with Crippen LogP contribution in [0.25, 0.3) is 10.9 Å². The normalized spacial score (nSPS) is 12.2. The molecule has 92 valence electrons. The standard InChI is InChI=1S/C14H19ClN2/c1-10-13(14(2,3)8-16-9-15)11-6-4-5-7-12(11)17-10/h4-7,16-17H,8-9H2,1-3H3. The topological polar surface area (TPSA) is 27.8 Å². The molecule has 2 aromatic rings. The molecule has 0 spiro atoms. The minimum atomic E-state index is 0.0680. The molecule has 0 bridgehead atoms. The number of fused-ring (bicyclic) bond motifs is 1. The number of nitrogens with one attached hydrogen (secondary N) is 2. The zero-order valence-corrected chi connectivity index (χ0v) is 11.4. The lowest BCUT2D eigenvalue weighted by atomic mass is 9.82. The monoisotopic (exact) mass is 250 g/mol. The molecule has 1 heterocycles. The summed E-state index contributed by atoms with van der Waals surface area (Å²) < 4.78 is 0. The lowest BCUT2D eigenvalue weighted by molar-refractivity contribution is 0.490. The summed E-state index contributed by atoms with van der Waals surface area (Å²) in [6.07, 6.45) is 0. The molecule has 0 fully saturated rings.